The van der Waals surface area contributed by atoms with Gasteiger partial charge in [0.1, 0.15) is 22.1 Å². The van der Waals surface area contributed by atoms with E-state index in [9.17, 15) is 9.18 Å². The molecule has 1 saturated carbocycles. The van der Waals surface area contributed by atoms with Crippen LogP contribution in [0.1, 0.15) is 48.8 Å². The minimum Gasteiger partial charge on any atom is -0.317 e. The van der Waals surface area contributed by atoms with Crippen LogP contribution < -0.4 is 5.32 Å². The Morgan fingerprint density at radius 1 is 1.29 bits per heavy atom. The molecule has 1 spiro atoms. The summed E-state index contributed by atoms with van der Waals surface area (Å²) < 4.78 is 16.3. The molecule has 4 aromatic rings. The molecule has 1 saturated heterocycles. The third kappa shape index (κ3) is 4.03. The van der Waals surface area contributed by atoms with Crippen molar-refractivity contribution in [2.75, 3.05) is 11.9 Å². The minimum absolute atomic E-state index is 0.0375. The number of H-pyrrole nitrogens is 1. The SMILES string of the molecule is O=C(Nc1cn(C2OOCC23CCCCC3)nc1-c1ncccc1F)c1csc(-c2cn[nH]c2)n1. The Kier molecular flexibility index (Phi) is 5.63. The van der Waals surface area contributed by atoms with E-state index in [1.165, 1.54) is 36.1 Å². The summed E-state index contributed by atoms with van der Waals surface area (Å²) >= 11 is 1.33. The fourth-order valence-corrected chi connectivity index (χ4v) is 5.55. The summed E-state index contributed by atoms with van der Waals surface area (Å²) in [6, 6.07) is 2.81. The summed E-state index contributed by atoms with van der Waals surface area (Å²) in [6.45, 7) is 0.474. The number of nitrogens with zero attached hydrogens (tertiary/aromatic N) is 5. The van der Waals surface area contributed by atoms with Crippen LogP contribution in [0.2, 0.25) is 0 Å². The van der Waals surface area contributed by atoms with Gasteiger partial charge in [-0.25, -0.2) is 23.8 Å². The molecule has 2 N–H and O–H groups in total. The first kappa shape index (κ1) is 22.0. The molecule has 1 amide bonds. The second-order valence-corrected chi connectivity index (χ2v) is 9.68. The van der Waals surface area contributed by atoms with Gasteiger partial charge in [0.05, 0.1) is 24.7 Å². The Bertz CT molecular complexity index is 1350. The average molecular weight is 496 g/mol. The first-order valence-electron chi connectivity index (χ1n) is 11.4. The average Bonchev–Trinajstić information content (AvgIpc) is 3.67. The molecule has 0 radical (unpaired) electrons. The van der Waals surface area contributed by atoms with Crippen molar-refractivity contribution in [1.29, 1.82) is 0 Å². The third-order valence-corrected chi connectivity index (χ3v) is 7.46. The first-order chi connectivity index (χ1) is 17.1. The van der Waals surface area contributed by atoms with Gasteiger partial charge in [-0.3, -0.25) is 14.9 Å². The van der Waals surface area contributed by atoms with E-state index in [1.54, 1.807) is 28.7 Å². The van der Waals surface area contributed by atoms with Crippen LogP contribution in [0.3, 0.4) is 0 Å². The van der Waals surface area contributed by atoms with Crippen LogP contribution in [0.25, 0.3) is 22.0 Å². The lowest BCUT2D eigenvalue weighted by Gasteiger charge is -2.34. The molecule has 4 aromatic heterocycles. The topological polar surface area (TPSA) is 120 Å². The van der Waals surface area contributed by atoms with E-state index in [0.717, 1.165) is 31.2 Å². The van der Waals surface area contributed by atoms with E-state index < -0.39 is 18.0 Å². The molecule has 2 aliphatic rings. The molecule has 0 bridgehead atoms. The van der Waals surface area contributed by atoms with Crippen LogP contribution in [0, 0.1) is 11.2 Å². The van der Waals surface area contributed by atoms with Crippen LogP contribution in [0.4, 0.5) is 10.1 Å². The highest BCUT2D eigenvalue weighted by Crippen LogP contribution is 2.50. The van der Waals surface area contributed by atoms with Crippen molar-refractivity contribution in [2.24, 2.45) is 5.41 Å². The lowest BCUT2D eigenvalue weighted by atomic mass is 9.73. The Morgan fingerprint density at radius 3 is 2.97 bits per heavy atom. The van der Waals surface area contributed by atoms with Gasteiger partial charge >= 0.3 is 0 Å². The molecule has 2 fully saturated rings. The van der Waals surface area contributed by atoms with Gasteiger partial charge in [0.25, 0.3) is 5.91 Å². The Labute approximate surface area is 203 Å². The second-order valence-electron chi connectivity index (χ2n) is 8.82. The number of hydrogen-bond acceptors (Lipinski definition) is 8. The highest BCUT2D eigenvalue weighted by Gasteiger charge is 2.48. The van der Waals surface area contributed by atoms with Gasteiger partial charge in [-0.05, 0) is 25.0 Å². The van der Waals surface area contributed by atoms with Gasteiger partial charge in [-0.2, -0.15) is 10.2 Å². The molecule has 35 heavy (non-hydrogen) atoms. The molecule has 1 unspecified atom stereocenters. The maximum Gasteiger partial charge on any atom is 0.275 e. The number of amides is 1. The van der Waals surface area contributed by atoms with Crippen molar-refractivity contribution >= 4 is 22.9 Å². The number of hydrogen-bond donors (Lipinski definition) is 2. The minimum atomic E-state index is -0.542. The van der Waals surface area contributed by atoms with Gasteiger partial charge in [0.15, 0.2) is 12.0 Å². The largest absolute Gasteiger partial charge is 0.317 e. The summed E-state index contributed by atoms with van der Waals surface area (Å²) in [7, 11) is 0. The lowest BCUT2D eigenvalue weighted by molar-refractivity contribution is -0.295. The fraction of sp³-hybridized carbons (Fsp3) is 0.348. The lowest BCUT2D eigenvalue weighted by Crippen LogP contribution is -2.33. The number of anilines is 1. The molecule has 0 aromatic carbocycles. The van der Waals surface area contributed by atoms with Crippen LogP contribution in [0.15, 0.2) is 42.3 Å². The van der Waals surface area contributed by atoms with Crippen molar-refractivity contribution in [3.63, 3.8) is 0 Å². The monoisotopic (exact) mass is 495 g/mol. The maximum atomic E-state index is 14.7. The second kappa shape index (κ2) is 8.95. The number of pyridine rings is 1. The normalized spacial score (nSPS) is 19.3. The molecule has 10 nitrogen and oxygen atoms in total. The molecule has 1 aliphatic carbocycles. The van der Waals surface area contributed by atoms with Gasteiger partial charge in [-0.15, -0.1) is 11.3 Å². The number of aromatic amines is 1. The maximum absolute atomic E-state index is 14.7. The Hall–Kier alpha value is -3.48. The van der Waals surface area contributed by atoms with E-state index in [-0.39, 0.29) is 22.5 Å². The highest BCUT2D eigenvalue weighted by atomic mass is 32.1. The zero-order valence-corrected chi connectivity index (χ0v) is 19.4. The quantitative estimate of drug-likeness (QED) is 0.389. The third-order valence-electron chi connectivity index (χ3n) is 6.56. The zero-order valence-electron chi connectivity index (χ0n) is 18.6. The fourth-order valence-electron chi connectivity index (χ4n) is 4.76. The standard InChI is InChI=1S/C23H22FN7O3S/c24-15-5-4-8-25-18(15)19-16(28-20(32)17-12-35-21(29-17)14-9-26-27-10-14)11-31(30-19)22-23(13-33-34-22)6-2-1-3-7-23/h4-5,8-12,22H,1-3,6-7,13H2,(H,26,27)(H,28,32). The molecule has 5 heterocycles. The summed E-state index contributed by atoms with van der Waals surface area (Å²) in [5.41, 5.74) is 1.37. The van der Waals surface area contributed by atoms with E-state index in [1.807, 2.05) is 0 Å². The van der Waals surface area contributed by atoms with Crippen molar-refractivity contribution < 1.29 is 19.0 Å². The van der Waals surface area contributed by atoms with Crippen molar-refractivity contribution in [1.82, 2.24) is 29.9 Å². The number of carbonyl (C=O) groups is 1. The predicted molar refractivity (Wildman–Crippen MR) is 125 cm³/mol. The number of aromatic nitrogens is 6. The van der Waals surface area contributed by atoms with Crippen LogP contribution in [-0.4, -0.2) is 42.5 Å². The molecular formula is C23H22FN7O3S. The van der Waals surface area contributed by atoms with Gasteiger partial charge < -0.3 is 5.32 Å². The first-order valence-corrected chi connectivity index (χ1v) is 12.3. The summed E-state index contributed by atoms with van der Waals surface area (Å²) in [5.74, 6) is -0.982. The van der Waals surface area contributed by atoms with Crippen LogP contribution >= 0.6 is 11.3 Å². The Morgan fingerprint density at radius 2 is 2.17 bits per heavy atom. The summed E-state index contributed by atoms with van der Waals surface area (Å²) in [6.07, 6.45) is 11.2. The molecule has 12 heteroatoms. The molecule has 1 aliphatic heterocycles. The van der Waals surface area contributed by atoms with E-state index in [4.69, 9.17) is 9.78 Å². The molecule has 1 atom stereocenters. The van der Waals surface area contributed by atoms with E-state index in [2.05, 4.69) is 30.6 Å². The van der Waals surface area contributed by atoms with E-state index in [0.29, 0.717) is 17.3 Å². The van der Waals surface area contributed by atoms with Gasteiger partial charge in [0, 0.05) is 28.8 Å². The number of halogens is 1. The smallest absolute Gasteiger partial charge is 0.275 e. The molecular weight excluding hydrogens is 473 g/mol. The van der Waals surface area contributed by atoms with E-state index >= 15 is 0 Å². The van der Waals surface area contributed by atoms with Crippen LogP contribution in [0.5, 0.6) is 0 Å². The number of nitrogens with one attached hydrogen (secondary N) is 2. The summed E-state index contributed by atoms with van der Waals surface area (Å²) in [4.78, 5) is 32.7. The Balaban J connectivity index is 1.35. The van der Waals surface area contributed by atoms with Gasteiger partial charge in [-0.1, -0.05) is 19.3 Å². The molecule has 180 valence electrons. The number of rotatable bonds is 5. The zero-order chi connectivity index (χ0) is 23.8. The van der Waals surface area contributed by atoms with Crippen LogP contribution in [-0.2, 0) is 9.78 Å². The number of thiazole rings is 1. The molecule has 6 rings (SSSR count). The van der Waals surface area contributed by atoms with Gasteiger partial charge in [0.2, 0.25) is 0 Å². The highest BCUT2D eigenvalue weighted by molar-refractivity contribution is 7.13. The number of carbonyl (C=O) groups excluding carboxylic acids is 1. The van der Waals surface area contributed by atoms with Crippen molar-refractivity contribution in [3.05, 3.63) is 53.8 Å². The summed E-state index contributed by atoms with van der Waals surface area (Å²) in [5, 5.41) is 16.4. The van der Waals surface area contributed by atoms with Crippen molar-refractivity contribution in [2.45, 2.75) is 38.3 Å². The van der Waals surface area contributed by atoms with Crippen molar-refractivity contribution in [3.8, 4) is 22.0 Å². The predicted octanol–water partition coefficient (Wildman–Crippen LogP) is 4.59.